The van der Waals surface area contributed by atoms with Gasteiger partial charge in [0.25, 0.3) is 11.8 Å². The first-order chi connectivity index (χ1) is 15.0. The van der Waals surface area contributed by atoms with Crippen LogP contribution in [0.1, 0.15) is 26.5 Å². The Morgan fingerprint density at radius 1 is 0.968 bits per heavy atom. The van der Waals surface area contributed by atoms with Crippen LogP contribution in [-0.4, -0.2) is 69.9 Å². The van der Waals surface area contributed by atoms with Gasteiger partial charge in [0.05, 0.1) is 18.5 Å². The number of carbonyl (C=O) groups is 2. The summed E-state index contributed by atoms with van der Waals surface area (Å²) in [7, 11) is 1.59. The minimum absolute atomic E-state index is 0.0576. The van der Waals surface area contributed by atoms with Crippen LogP contribution in [0.15, 0.2) is 48.5 Å². The van der Waals surface area contributed by atoms with E-state index in [2.05, 4.69) is 10.3 Å². The molecule has 9 heteroatoms. The average Bonchev–Trinajstić information content (AvgIpc) is 3.19. The zero-order valence-corrected chi connectivity index (χ0v) is 18.0. The van der Waals surface area contributed by atoms with Crippen LogP contribution < -0.4 is 4.74 Å². The third-order valence-electron chi connectivity index (χ3n) is 5.34. The van der Waals surface area contributed by atoms with E-state index < -0.39 is 0 Å². The van der Waals surface area contributed by atoms with Gasteiger partial charge in [-0.3, -0.25) is 9.59 Å². The second-order valence-corrected chi connectivity index (χ2v) is 7.66. The number of aromatic nitrogens is 3. The number of halogens is 1. The van der Waals surface area contributed by atoms with Gasteiger partial charge in [0.15, 0.2) is 5.69 Å². The van der Waals surface area contributed by atoms with E-state index in [-0.39, 0.29) is 11.8 Å². The van der Waals surface area contributed by atoms with E-state index in [1.165, 1.54) is 0 Å². The molecule has 0 saturated carbocycles. The molecule has 2 heterocycles. The number of hydrogen-bond acceptors (Lipinski definition) is 5. The molecule has 160 valence electrons. The third-order valence-corrected chi connectivity index (χ3v) is 5.58. The maximum Gasteiger partial charge on any atom is 0.276 e. The molecule has 1 aliphatic rings. The van der Waals surface area contributed by atoms with Crippen molar-refractivity contribution in [3.8, 4) is 11.4 Å². The van der Waals surface area contributed by atoms with Crippen LogP contribution in [0.4, 0.5) is 0 Å². The van der Waals surface area contributed by atoms with E-state index in [4.69, 9.17) is 16.3 Å². The van der Waals surface area contributed by atoms with Crippen molar-refractivity contribution >= 4 is 23.4 Å². The van der Waals surface area contributed by atoms with Gasteiger partial charge in [-0.1, -0.05) is 22.9 Å². The molecule has 31 heavy (non-hydrogen) atoms. The maximum absolute atomic E-state index is 13.0. The fraction of sp³-hybridized carbons (Fsp3) is 0.273. The summed E-state index contributed by atoms with van der Waals surface area (Å²) in [5.41, 5.74) is 2.28. The van der Waals surface area contributed by atoms with Gasteiger partial charge in [0, 0.05) is 36.8 Å². The highest BCUT2D eigenvalue weighted by atomic mass is 35.5. The molecule has 1 aliphatic heterocycles. The lowest BCUT2D eigenvalue weighted by atomic mass is 10.1. The van der Waals surface area contributed by atoms with E-state index in [1.807, 2.05) is 12.1 Å². The van der Waals surface area contributed by atoms with Crippen molar-refractivity contribution < 1.29 is 14.3 Å². The van der Waals surface area contributed by atoms with Gasteiger partial charge in [0.2, 0.25) is 0 Å². The second-order valence-electron chi connectivity index (χ2n) is 7.23. The standard InChI is InChI=1S/C22H22ClN5O3/c1-15-20(24-25-28(15)18-5-3-4-17(23)14-18)22(30)27-12-10-26(11-13-27)21(29)16-6-8-19(31-2)9-7-16/h3-9,14H,10-13H2,1-2H3. The molecule has 0 N–H and O–H groups in total. The van der Waals surface area contributed by atoms with Crippen LogP contribution in [0.25, 0.3) is 5.69 Å². The quantitative estimate of drug-likeness (QED) is 0.624. The van der Waals surface area contributed by atoms with Crippen molar-refractivity contribution in [1.82, 2.24) is 24.8 Å². The van der Waals surface area contributed by atoms with Crippen LogP contribution in [0.3, 0.4) is 0 Å². The van der Waals surface area contributed by atoms with Crippen LogP contribution in [0, 0.1) is 6.92 Å². The topological polar surface area (TPSA) is 80.6 Å². The normalized spacial score (nSPS) is 13.9. The Labute approximate surface area is 185 Å². The molecule has 1 saturated heterocycles. The Balaban J connectivity index is 1.42. The Hall–Kier alpha value is -3.39. The molecule has 8 nitrogen and oxygen atoms in total. The highest BCUT2D eigenvalue weighted by molar-refractivity contribution is 6.30. The largest absolute Gasteiger partial charge is 0.497 e. The average molecular weight is 440 g/mol. The molecule has 1 fully saturated rings. The summed E-state index contributed by atoms with van der Waals surface area (Å²) in [6.45, 7) is 3.59. The van der Waals surface area contributed by atoms with E-state index in [9.17, 15) is 9.59 Å². The van der Waals surface area contributed by atoms with Gasteiger partial charge in [-0.2, -0.15) is 0 Å². The number of ether oxygens (including phenoxy) is 1. The molecule has 1 aromatic heterocycles. The summed E-state index contributed by atoms with van der Waals surface area (Å²) in [5, 5.41) is 8.81. The number of amides is 2. The number of carbonyl (C=O) groups excluding carboxylic acids is 2. The highest BCUT2D eigenvalue weighted by Crippen LogP contribution is 2.19. The summed E-state index contributed by atoms with van der Waals surface area (Å²) < 4.78 is 6.73. The van der Waals surface area contributed by atoms with Gasteiger partial charge >= 0.3 is 0 Å². The zero-order valence-electron chi connectivity index (χ0n) is 17.3. The number of rotatable bonds is 4. The minimum Gasteiger partial charge on any atom is -0.497 e. The van der Waals surface area contributed by atoms with Crippen molar-refractivity contribution in [2.75, 3.05) is 33.3 Å². The molecular weight excluding hydrogens is 418 g/mol. The fourth-order valence-electron chi connectivity index (χ4n) is 3.56. The fourth-order valence-corrected chi connectivity index (χ4v) is 3.74. The van der Waals surface area contributed by atoms with Crippen LogP contribution in [0.5, 0.6) is 5.75 Å². The van der Waals surface area contributed by atoms with Gasteiger partial charge in [0.1, 0.15) is 5.75 Å². The molecule has 0 aliphatic carbocycles. The zero-order chi connectivity index (χ0) is 22.0. The van der Waals surface area contributed by atoms with Crippen molar-refractivity contribution in [3.63, 3.8) is 0 Å². The lowest BCUT2D eigenvalue weighted by Crippen LogP contribution is -2.50. The van der Waals surface area contributed by atoms with Crippen LogP contribution in [-0.2, 0) is 0 Å². The summed E-state index contributed by atoms with van der Waals surface area (Å²) in [5.74, 6) is 0.452. The maximum atomic E-state index is 13.0. The molecule has 0 unspecified atom stereocenters. The summed E-state index contributed by atoms with van der Waals surface area (Å²) >= 11 is 6.06. The summed E-state index contributed by atoms with van der Waals surface area (Å²) in [6, 6.07) is 14.2. The van der Waals surface area contributed by atoms with Crippen molar-refractivity contribution in [3.05, 3.63) is 70.5 Å². The monoisotopic (exact) mass is 439 g/mol. The Kier molecular flexibility index (Phi) is 5.90. The van der Waals surface area contributed by atoms with E-state index in [1.54, 1.807) is 64.9 Å². The first-order valence-electron chi connectivity index (χ1n) is 9.89. The Morgan fingerprint density at radius 2 is 1.61 bits per heavy atom. The molecular formula is C22H22ClN5O3. The Bertz CT molecular complexity index is 1100. The summed E-state index contributed by atoms with van der Waals surface area (Å²) in [6.07, 6.45) is 0. The number of nitrogens with zero attached hydrogens (tertiary/aromatic N) is 5. The molecule has 4 rings (SSSR count). The lowest BCUT2D eigenvalue weighted by molar-refractivity contribution is 0.0531. The highest BCUT2D eigenvalue weighted by Gasteiger charge is 2.28. The van der Waals surface area contributed by atoms with Crippen molar-refractivity contribution in [1.29, 1.82) is 0 Å². The number of piperazine rings is 1. The molecule has 3 aromatic rings. The van der Waals surface area contributed by atoms with Gasteiger partial charge < -0.3 is 14.5 Å². The third kappa shape index (κ3) is 4.25. The SMILES string of the molecule is COc1ccc(C(=O)N2CCN(C(=O)c3nnn(-c4cccc(Cl)c4)c3C)CC2)cc1. The number of methoxy groups -OCH3 is 1. The first-order valence-corrected chi connectivity index (χ1v) is 10.3. The minimum atomic E-state index is -0.192. The van der Waals surface area contributed by atoms with Crippen molar-refractivity contribution in [2.24, 2.45) is 0 Å². The second kappa shape index (κ2) is 8.77. The van der Waals surface area contributed by atoms with Gasteiger partial charge in [-0.25, -0.2) is 4.68 Å². The van der Waals surface area contributed by atoms with Gasteiger partial charge in [-0.05, 0) is 49.4 Å². The predicted molar refractivity (Wildman–Crippen MR) is 116 cm³/mol. The molecule has 0 spiro atoms. The number of hydrogen-bond donors (Lipinski definition) is 0. The van der Waals surface area contributed by atoms with E-state index in [0.29, 0.717) is 53.9 Å². The molecule has 0 atom stereocenters. The first kappa shape index (κ1) is 20.9. The molecule has 0 radical (unpaired) electrons. The molecule has 2 amide bonds. The van der Waals surface area contributed by atoms with Crippen LogP contribution >= 0.6 is 11.6 Å². The van der Waals surface area contributed by atoms with Crippen molar-refractivity contribution in [2.45, 2.75) is 6.92 Å². The number of benzene rings is 2. The molecule has 0 bridgehead atoms. The van der Waals surface area contributed by atoms with Crippen LogP contribution in [0.2, 0.25) is 5.02 Å². The predicted octanol–water partition coefficient (Wildman–Crippen LogP) is 2.84. The smallest absolute Gasteiger partial charge is 0.276 e. The van der Waals surface area contributed by atoms with E-state index >= 15 is 0 Å². The Morgan fingerprint density at radius 3 is 2.23 bits per heavy atom. The summed E-state index contributed by atoms with van der Waals surface area (Å²) in [4.78, 5) is 29.2. The van der Waals surface area contributed by atoms with E-state index in [0.717, 1.165) is 5.69 Å². The lowest BCUT2D eigenvalue weighted by Gasteiger charge is -2.34. The van der Waals surface area contributed by atoms with Gasteiger partial charge in [-0.15, -0.1) is 5.10 Å². The molecule has 2 aromatic carbocycles.